The Morgan fingerprint density at radius 3 is 1.51 bits per heavy atom. The van der Waals surface area contributed by atoms with E-state index in [0.29, 0.717) is 41.2 Å². The molecule has 2 N–H and O–H groups in total. The molecule has 0 bridgehead atoms. The average molecular weight is 583 g/mol. The summed E-state index contributed by atoms with van der Waals surface area (Å²) in [5, 5.41) is 17.3. The van der Waals surface area contributed by atoms with E-state index in [0.717, 1.165) is 24.3 Å². The molecule has 3 rings (SSSR count). The maximum Gasteiger partial charge on any atom is 0.213 e. The van der Waals surface area contributed by atoms with E-state index in [2.05, 4.69) is 54.2 Å². The van der Waals surface area contributed by atoms with Gasteiger partial charge in [0, 0.05) is 53.4 Å². The van der Waals surface area contributed by atoms with Gasteiger partial charge in [-0.05, 0) is 35.9 Å². The van der Waals surface area contributed by atoms with Crippen LogP contribution in [0, 0.1) is 22.7 Å². The largest absolute Gasteiger partial charge is 0.478 e. The summed E-state index contributed by atoms with van der Waals surface area (Å²) in [7, 11) is -2.04. The Morgan fingerprint density at radius 2 is 1.18 bits per heavy atom. The van der Waals surface area contributed by atoms with Crippen LogP contribution >= 0.6 is 11.6 Å². The first-order valence-electron chi connectivity index (χ1n) is 12.6. The zero-order valence-corrected chi connectivity index (χ0v) is 26.5. The number of hydrogen-bond acceptors (Lipinski definition) is 8. The van der Waals surface area contributed by atoms with Crippen LogP contribution < -0.4 is 15.2 Å². The standard InChI is InChI=1S/C11H20N2OSi.C11H16N2OSi.C6H3ClN2/c2*1-15(2,3)7-6-14-11-5-4-10(8-12)9-13-11;7-6-2-1-5(3-8)4-9-6/h4-5,9H,6-8,12H2,1-3H3;4-5,9H,6-7H2,1-3H3;1-2,4H. The van der Waals surface area contributed by atoms with Crippen molar-refractivity contribution < 1.29 is 9.47 Å². The molecule has 3 aromatic rings. The van der Waals surface area contributed by atoms with Gasteiger partial charge in [0.05, 0.1) is 24.3 Å². The lowest BCUT2D eigenvalue weighted by Gasteiger charge is -2.15. The molecule has 0 unspecified atom stereocenters. The maximum atomic E-state index is 8.59. The molecule has 0 aliphatic carbocycles. The minimum absolute atomic E-state index is 0.411. The van der Waals surface area contributed by atoms with Crippen LogP contribution in [0.15, 0.2) is 55.0 Å². The molecular weight excluding hydrogens is 544 g/mol. The van der Waals surface area contributed by atoms with Gasteiger partial charge in [-0.1, -0.05) is 56.9 Å². The lowest BCUT2D eigenvalue weighted by molar-refractivity contribution is 0.324. The van der Waals surface area contributed by atoms with Crippen LogP contribution in [0.4, 0.5) is 0 Å². The number of ether oxygens (including phenoxy) is 2. The SMILES string of the molecule is C[Si](C)(C)CCOc1ccc(C#N)cn1.C[Si](C)(C)CCOc1ccc(CN)cn1.N#Cc1ccc(Cl)nc1. The topological polar surface area (TPSA) is 131 Å². The Bertz CT molecular complexity index is 1180. The molecule has 0 saturated carbocycles. The average Bonchev–Trinajstić information content (AvgIpc) is 2.89. The van der Waals surface area contributed by atoms with Crippen molar-refractivity contribution in [2.45, 2.75) is 57.9 Å². The molecule has 0 spiro atoms. The van der Waals surface area contributed by atoms with Gasteiger partial charge >= 0.3 is 0 Å². The summed E-state index contributed by atoms with van der Waals surface area (Å²) < 4.78 is 11.1. The van der Waals surface area contributed by atoms with E-state index in [4.69, 9.17) is 37.3 Å². The van der Waals surface area contributed by atoms with Crippen molar-refractivity contribution in [2.75, 3.05) is 13.2 Å². The molecule has 208 valence electrons. The lowest BCUT2D eigenvalue weighted by Crippen LogP contribution is -2.22. The van der Waals surface area contributed by atoms with E-state index in [1.807, 2.05) is 24.3 Å². The molecule has 0 saturated heterocycles. The Kier molecular flexibility index (Phi) is 15.0. The molecule has 0 amide bonds. The molecule has 0 fully saturated rings. The van der Waals surface area contributed by atoms with Crippen molar-refractivity contribution in [3.05, 3.63) is 76.8 Å². The second kappa shape index (κ2) is 17.3. The molecular formula is C28H39ClN6O2Si2. The molecule has 39 heavy (non-hydrogen) atoms. The number of aromatic nitrogens is 3. The summed E-state index contributed by atoms with van der Waals surface area (Å²) in [6.45, 7) is 15.9. The third kappa shape index (κ3) is 17.0. The highest BCUT2D eigenvalue weighted by Crippen LogP contribution is 2.12. The molecule has 0 atom stereocenters. The summed E-state index contributed by atoms with van der Waals surface area (Å²) >= 11 is 5.45. The van der Waals surface area contributed by atoms with Gasteiger partial charge in [-0.25, -0.2) is 15.0 Å². The van der Waals surface area contributed by atoms with E-state index in [1.54, 1.807) is 30.5 Å². The fourth-order valence-corrected chi connectivity index (χ4v) is 4.06. The smallest absolute Gasteiger partial charge is 0.213 e. The molecule has 3 aromatic heterocycles. The molecule has 0 aliphatic rings. The van der Waals surface area contributed by atoms with Crippen LogP contribution in [0.3, 0.4) is 0 Å². The quantitative estimate of drug-likeness (QED) is 0.222. The van der Waals surface area contributed by atoms with Crippen LogP contribution in [-0.2, 0) is 6.54 Å². The molecule has 0 aliphatic heterocycles. The number of nitrogens with two attached hydrogens (primary N) is 1. The minimum Gasteiger partial charge on any atom is -0.478 e. The molecule has 11 heteroatoms. The summed E-state index contributed by atoms with van der Waals surface area (Å²) in [5.41, 5.74) is 7.61. The van der Waals surface area contributed by atoms with Gasteiger partial charge in [-0.2, -0.15) is 10.5 Å². The Balaban J connectivity index is 0.000000302. The minimum atomic E-state index is -1.03. The molecule has 3 heterocycles. The first kappa shape index (κ1) is 33.7. The van der Waals surface area contributed by atoms with Crippen LogP contribution in [0.25, 0.3) is 0 Å². The number of nitriles is 2. The van der Waals surface area contributed by atoms with E-state index >= 15 is 0 Å². The molecule has 0 radical (unpaired) electrons. The third-order valence-electron chi connectivity index (χ3n) is 4.96. The highest BCUT2D eigenvalue weighted by Gasteiger charge is 2.13. The Labute approximate surface area is 239 Å². The first-order chi connectivity index (χ1) is 18.3. The zero-order chi connectivity index (χ0) is 29.3. The van der Waals surface area contributed by atoms with Gasteiger partial charge in [-0.3, -0.25) is 0 Å². The summed E-state index contributed by atoms with van der Waals surface area (Å²) in [6, 6.07) is 16.7. The van der Waals surface area contributed by atoms with Gasteiger partial charge in [0.15, 0.2) is 0 Å². The van der Waals surface area contributed by atoms with Crippen molar-refractivity contribution in [1.82, 2.24) is 15.0 Å². The number of rotatable bonds is 9. The van der Waals surface area contributed by atoms with E-state index in [1.165, 1.54) is 12.4 Å². The number of halogens is 1. The van der Waals surface area contributed by atoms with Crippen molar-refractivity contribution in [2.24, 2.45) is 5.73 Å². The first-order valence-corrected chi connectivity index (χ1v) is 20.4. The van der Waals surface area contributed by atoms with E-state index in [-0.39, 0.29) is 0 Å². The van der Waals surface area contributed by atoms with E-state index < -0.39 is 16.1 Å². The summed E-state index contributed by atoms with van der Waals surface area (Å²) in [5.74, 6) is 1.30. The van der Waals surface area contributed by atoms with Crippen LogP contribution in [-0.4, -0.2) is 44.3 Å². The van der Waals surface area contributed by atoms with Gasteiger partial charge in [0.1, 0.15) is 17.3 Å². The Morgan fingerprint density at radius 1 is 0.718 bits per heavy atom. The normalized spacial score (nSPS) is 10.5. The number of nitrogens with zero attached hydrogens (tertiary/aromatic N) is 5. The lowest BCUT2D eigenvalue weighted by atomic mass is 10.3. The van der Waals surface area contributed by atoms with Crippen LogP contribution in [0.1, 0.15) is 16.7 Å². The van der Waals surface area contributed by atoms with Crippen LogP contribution in [0.5, 0.6) is 11.8 Å². The Hall–Kier alpha value is -3.29. The second-order valence-electron chi connectivity index (χ2n) is 11.0. The van der Waals surface area contributed by atoms with Gasteiger partial charge in [-0.15, -0.1) is 0 Å². The maximum absolute atomic E-state index is 8.59. The zero-order valence-electron chi connectivity index (χ0n) is 23.7. The van der Waals surface area contributed by atoms with Gasteiger partial charge < -0.3 is 15.2 Å². The number of pyridine rings is 3. The van der Waals surface area contributed by atoms with E-state index in [9.17, 15) is 0 Å². The van der Waals surface area contributed by atoms with Crippen molar-refractivity contribution >= 4 is 27.7 Å². The second-order valence-corrected chi connectivity index (χ2v) is 22.6. The van der Waals surface area contributed by atoms with Crippen LogP contribution in [0.2, 0.25) is 56.5 Å². The van der Waals surface area contributed by atoms with Gasteiger partial charge in [0.25, 0.3) is 0 Å². The molecule has 8 nitrogen and oxygen atoms in total. The predicted octanol–water partition coefficient (Wildman–Crippen LogP) is 6.53. The molecule has 0 aromatic carbocycles. The predicted molar refractivity (Wildman–Crippen MR) is 162 cm³/mol. The number of hydrogen-bond donors (Lipinski definition) is 1. The fraction of sp³-hybridized carbons (Fsp3) is 0.393. The van der Waals surface area contributed by atoms with Gasteiger partial charge in [0.2, 0.25) is 11.8 Å². The van der Waals surface area contributed by atoms with Crippen molar-refractivity contribution in [3.63, 3.8) is 0 Å². The van der Waals surface area contributed by atoms with Crippen molar-refractivity contribution in [1.29, 1.82) is 10.5 Å². The highest BCUT2D eigenvalue weighted by molar-refractivity contribution is 6.76. The summed E-state index contributed by atoms with van der Waals surface area (Å²) in [4.78, 5) is 11.9. The summed E-state index contributed by atoms with van der Waals surface area (Å²) in [6.07, 6.45) is 4.73. The monoisotopic (exact) mass is 582 g/mol. The fourth-order valence-electron chi connectivity index (χ4n) is 2.51. The van der Waals surface area contributed by atoms with Crippen molar-refractivity contribution in [3.8, 4) is 23.9 Å². The highest BCUT2D eigenvalue weighted by atomic mass is 35.5. The third-order valence-corrected chi connectivity index (χ3v) is 8.59.